The largest absolute Gasteiger partial charge is 0.330 e. The van der Waals surface area contributed by atoms with Crippen molar-refractivity contribution in [2.75, 3.05) is 11.9 Å². The summed E-state index contributed by atoms with van der Waals surface area (Å²) >= 11 is 0. The van der Waals surface area contributed by atoms with Gasteiger partial charge < -0.3 is 11.1 Å². The topological polar surface area (TPSA) is 68.0 Å². The normalized spacial score (nSPS) is 13.2. The Kier molecular flexibility index (Phi) is 4.84. The van der Waals surface area contributed by atoms with E-state index in [-0.39, 0.29) is 17.2 Å². The first-order valence-electron chi connectivity index (χ1n) is 6.24. The molecular weight excluding hydrogens is 226 g/mol. The number of carbonyl (C=O) groups excluding carboxylic acids is 1. The minimum atomic E-state index is -0.162. The molecule has 0 saturated carbocycles. The van der Waals surface area contributed by atoms with Crippen LogP contribution in [0.3, 0.4) is 0 Å². The Balaban J connectivity index is 2.68. The predicted molar refractivity (Wildman–Crippen MR) is 74.2 cm³/mol. The molecule has 1 atom stereocenters. The van der Waals surface area contributed by atoms with Crippen molar-refractivity contribution in [3.8, 4) is 0 Å². The van der Waals surface area contributed by atoms with Crippen LogP contribution in [0.1, 0.15) is 32.8 Å². The van der Waals surface area contributed by atoms with E-state index in [1.54, 1.807) is 12.4 Å². The van der Waals surface area contributed by atoms with Crippen LogP contribution < -0.4 is 11.1 Å². The number of anilines is 1. The Morgan fingerprint density at radius 3 is 2.61 bits per heavy atom. The van der Waals surface area contributed by atoms with Gasteiger partial charge in [-0.25, -0.2) is 0 Å². The number of rotatable bonds is 4. The number of carbonyl (C=O) groups is 1. The Morgan fingerprint density at radius 1 is 1.44 bits per heavy atom. The summed E-state index contributed by atoms with van der Waals surface area (Å²) in [5, 5.41) is 2.87. The zero-order valence-corrected chi connectivity index (χ0v) is 11.7. The molecule has 0 aromatic carbocycles. The molecule has 4 heteroatoms. The van der Waals surface area contributed by atoms with Crippen molar-refractivity contribution in [1.82, 2.24) is 4.98 Å². The van der Waals surface area contributed by atoms with E-state index < -0.39 is 0 Å². The highest BCUT2D eigenvalue weighted by molar-refractivity contribution is 5.92. The predicted octanol–water partition coefficient (Wildman–Crippen LogP) is 2.34. The number of hydrogen-bond donors (Lipinski definition) is 2. The fourth-order valence-corrected chi connectivity index (χ4v) is 1.89. The van der Waals surface area contributed by atoms with Crippen molar-refractivity contribution >= 4 is 11.6 Å². The van der Waals surface area contributed by atoms with E-state index in [2.05, 4.69) is 31.1 Å². The van der Waals surface area contributed by atoms with Gasteiger partial charge in [0.05, 0.1) is 17.8 Å². The number of hydrogen-bond acceptors (Lipinski definition) is 3. The number of pyridine rings is 1. The number of amides is 1. The van der Waals surface area contributed by atoms with Gasteiger partial charge in [0.15, 0.2) is 0 Å². The lowest BCUT2D eigenvalue weighted by Gasteiger charge is -2.24. The van der Waals surface area contributed by atoms with E-state index in [9.17, 15) is 4.79 Å². The highest BCUT2D eigenvalue weighted by Crippen LogP contribution is 2.24. The number of aromatic nitrogens is 1. The molecule has 1 rings (SSSR count). The smallest absolute Gasteiger partial charge is 0.228 e. The van der Waals surface area contributed by atoms with Crippen molar-refractivity contribution in [3.63, 3.8) is 0 Å². The van der Waals surface area contributed by atoms with E-state index >= 15 is 0 Å². The molecule has 0 spiro atoms. The van der Waals surface area contributed by atoms with Crippen LogP contribution in [0.5, 0.6) is 0 Å². The molecule has 0 aliphatic carbocycles. The maximum atomic E-state index is 12.1. The lowest BCUT2D eigenvalue weighted by Crippen LogP contribution is -2.32. The van der Waals surface area contributed by atoms with Gasteiger partial charge in [-0.1, -0.05) is 20.8 Å². The van der Waals surface area contributed by atoms with Gasteiger partial charge >= 0.3 is 0 Å². The number of aryl methyl sites for hydroxylation is 1. The molecule has 3 N–H and O–H groups in total. The Hall–Kier alpha value is -1.42. The molecule has 0 radical (unpaired) electrons. The van der Waals surface area contributed by atoms with Crippen LogP contribution in [0.25, 0.3) is 0 Å². The Labute approximate surface area is 109 Å². The minimum absolute atomic E-state index is 0.0279. The second-order valence-electron chi connectivity index (χ2n) is 5.94. The highest BCUT2D eigenvalue weighted by Gasteiger charge is 2.23. The van der Waals surface area contributed by atoms with E-state index in [0.717, 1.165) is 17.7 Å². The molecule has 4 nitrogen and oxygen atoms in total. The van der Waals surface area contributed by atoms with Crippen LogP contribution in [0.15, 0.2) is 18.5 Å². The van der Waals surface area contributed by atoms with Crippen molar-refractivity contribution < 1.29 is 4.79 Å². The van der Waals surface area contributed by atoms with Gasteiger partial charge in [0.1, 0.15) is 0 Å². The van der Waals surface area contributed by atoms with E-state index in [4.69, 9.17) is 5.73 Å². The third kappa shape index (κ3) is 4.84. The third-order valence-corrected chi connectivity index (χ3v) is 2.66. The third-order valence-electron chi connectivity index (χ3n) is 2.66. The second kappa shape index (κ2) is 5.96. The SMILES string of the molecule is Cc1cncc(NC(=O)C(CN)CC(C)(C)C)c1. The van der Waals surface area contributed by atoms with Crippen LogP contribution in [-0.2, 0) is 4.79 Å². The van der Waals surface area contributed by atoms with Gasteiger partial charge in [-0.15, -0.1) is 0 Å². The molecule has 1 amide bonds. The molecule has 0 saturated heterocycles. The molecule has 1 aromatic heterocycles. The van der Waals surface area contributed by atoms with E-state index in [1.165, 1.54) is 0 Å². The lowest BCUT2D eigenvalue weighted by molar-refractivity contribution is -0.120. The maximum absolute atomic E-state index is 12.1. The summed E-state index contributed by atoms with van der Waals surface area (Å²) in [4.78, 5) is 16.2. The van der Waals surface area contributed by atoms with Gasteiger partial charge in [-0.05, 0) is 30.4 Å². The van der Waals surface area contributed by atoms with Gasteiger partial charge in [-0.3, -0.25) is 9.78 Å². The lowest BCUT2D eigenvalue weighted by atomic mass is 9.84. The molecule has 0 aliphatic rings. The molecule has 1 heterocycles. The first kappa shape index (κ1) is 14.6. The number of nitrogens with zero attached hydrogens (tertiary/aromatic N) is 1. The Morgan fingerprint density at radius 2 is 2.11 bits per heavy atom. The van der Waals surface area contributed by atoms with Gasteiger partial charge in [0.2, 0.25) is 5.91 Å². The molecular formula is C14H23N3O. The summed E-state index contributed by atoms with van der Waals surface area (Å²) in [6, 6.07) is 1.90. The summed E-state index contributed by atoms with van der Waals surface area (Å²) in [7, 11) is 0. The van der Waals surface area contributed by atoms with Crippen molar-refractivity contribution in [2.24, 2.45) is 17.1 Å². The first-order chi connectivity index (χ1) is 8.31. The molecule has 1 unspecified atom stereocenters. The summed E-state index contributed by atoms with van der Waals surface area (Å²) in [5.41, 5.74) is 7.53. The summed E-state index contributed by atoms with van der Waals surface area (Å²) in [6.07, 6.45) is 4.18. The highest BCUT2D eigenvalue weighted by atomic mass is 16.1. The van der Waals surface area contributed by atoms with Crippen LogP contribution >= 0.6 is 0 Å². The van der Waals surface area contributed by atoms with Crippen LogP contribution in [0.4, 0.5) is 5.69 Å². The summed E-state index contributed by atoms with van der Waals surface area (Å²) < 4.78 is 0. The average Bonchev–Trinajstić information content (AvgIpc) is 2.24. The van der Waals surface area contributed by atoms with Crippen LogP contribution in [-0.4, -0.2) is 17.4 Å². The zero-order chi connectivity index (χ0) is 13.8. The maximum Gasteiger partial charge on any atom is 0.228 e. The second-order valence-corrected chi connectivity index (χ2v) is 5.94. The molecule has 100 valence electrons. The molecule has 18 heavy (non-hydrogen) atoms. The van der Waals surface area contributed by atoms with Crippen molar-refractivity contribution in [2.45, 2.75) is 34.1 Å². The molecule has 0 fully saturated rings. The number of nitrogens with two attached hydrogens (primary N) is 1. The van der Waals surface area contributed by atoms with Crippen LogP contribution in [0.2, 0.25) is 0 Å². The molecule has 1 aromatic rings. The molecule has 0 aliphatic heterocycles. The van der Waals surface area contributed by atoms with Crippen LogP contribution in [0, 0.1) is 18.3 Å². The number of nitrogens with one attached hydrogen (secondary N) is 1. The van der Waals surface area contributed by atoms with Gasteiger partial charge in [0, 0.05) is 12.7 Å². The van der Waals surface area contributed by atoms with E-state index in [0.29, 0.717) is 6.54 Å². The first-order valence-corrected chi connectivity index (χ1v) is 6.24. The molecule has 0 bridgehead atoms. The standard InChI is InChI=1S/C14H23N3O/c1-10-5-12(9-16-8-10)17-13(18)11(7-15)6-14(2,3)4/h5,8-9,11H,6-7,15H2,1-4H3,(H,17,18). The summed E-state index contributed by atoms with van der Waals surface area (Å²) in [6.45, 7) is 8.63. The average molecular weight is 249 g/mol. The fraction of sp³-hybridized carbons (Fsp3) is 0.571. The van der Waals surface area contributed by atoms with Crippen molar-refractivity contribution in [1.29, 1.82) is 0 Å². The zero-order valence-electron chi connectivity index (χ0n) is 11.7. The monoisotopic (exact) mass is 249 g/mol. The van der Waals surface area contributed by atoms with E-state index in [1.807, 2.05) is 13.0 Å². The van der Waals surface area contributed by atoms with Gasteiger partial charge in [0.25, 0.3) is 0 Å². The Bertz CT molecular complexity index is 410. The quantitative estimate of drug-likeness (QED) is 0.860. The van der Waals surface area contributed by atoms with Crippen molar-refractivity contribution in [3.05, 3.63) is 24.0 Å². The fourth-order valence-electron chi connectivity index (χ4n) is 1.89. The summed E-state index contributed by atoms with van der Waals surface area (Å²) in [5.74, 6) is -0.190. The van der Waals surface area contributed by atoms with Gasteiger partial charge in [-0.2, -0.15) is 0 Å². The minimum Gasteiger partial charge on any atom is -0.330 e.